The van der Waals surface area contributed by atoms with Crippen LogP contribution in [0.3, 0.4) is 0 Å². The number of rotatable bonds is 5. The molecule has 1 amide bonds. The molecule has 4 nitrogen and oxygen atoms in total. The van der Waals surface area contributed by atoms with Gasteiger partial charge in [0.1, 0.15) is 0 Å². The number of piperazine rings is 1. The number of benzene rings is 2. The lowest BCUT2D eigenvalue weighted by molar-refractivity contribution is -0.118. The number of anilines is 1. The van der Waals surface area contributed by atoms with Gasteiger partial charge < -0.3 is 10.6 Å². The third kappa shape index (κ3) is 4.40. The van der Waals surface area contributed by atoms with Crippen molar-refractivity contribution in [2.24, 2.45) is 0 Å². The van der Waals surface area contributed by atoms with E-state index in [-0.39, 0.29) is 11.9 Å². The SMILES string of the molecule is CCc1ccccc1NC(=O)CN1CCNCC1c1ccccc1Cl. The van der Waals surface area contributed by atoms with Crippen LogP contribution in [0.15, 0.2) is 48.5 Å². The van der Waals surface area contributed by atoms with Crippen LogP contribution in [0.5, 0.6) is 0 Å². The maximum Gasteiger partial charge on any atom is 0.238 e. The summed E-state index contributed by atoms with van der Waals surface area (Å²) >= 11 is 6.37. The fourth-order valence-corrected chi connectivity index (χ4v) is 3.57. The Labute approximate surface area is 154 Å². The van der Waals surface area contributed by atoms with Crippen LogP contribution >= 0.6 is 11.6 Å². The van der Waals surface area contributed by atoms with E-state index < -0.39 is 0 Å². The Morgan fingerprint density at radius 1 is 1.24 bits per heavy atom. The number of amides is 1. The van der Waals surface area contributed by atoms with E-state index in [2.05, 4.69) is 22.5 Å². The molecule has 1 fully saturated rings. The Morgan fingerprint density at radius 3 is 2.80 bits per heavy atom. The minimum absolute atomic E-state index is 0.0138. The van der Waals surface area contributed by atoms with Gasteiger partial charge in [-0.25, -0.2) is 0 Å². The normalized spacial score (nSPS) is 18.1. The van der Waals surface area contributed by atoms with Crippen LogP contribution in [-0.2, 0) is 11.2 Å². The quantitative estimate of drug-likeness (QED) is 0.861. The number of hydrogen-bond donors (Lipinski definition) is 2. The highest BCUT2D eigenvalue weighted by atomic mass is 35.5. The molecule has 2 N–H and O–H groups in total. The zero-order chi connectivity index (χ0) is 17.6. The molecule has 3 rings (SSSR count). The molecule has 2 aromatic rings. The van der Waals surface area contributed by atoms with Crippen molar-refractivity contribution in [3.8, 4) is 0 Å². The second kappa shape index (κ2) is 8.48. The second-order valence-electron chi connectivity index (χ2n) is 6.27. The first-order valence-corrected chi connectivity index (χ1v) is 9.13. The second-order valence-corrected chi connectivity index (χ2v) is 6.68. The summed E-state index contributed by atoms with van der Waals surface area (Å²) in [5.74, 6) is 0.0138. The maximum absolute atomic E-state index is 12.6. The lowest BCUT2D eigenvalue weighted by Crippen LogP contribution is -2.48. The molecule has 2 aromatic carbocycles. The van der Waals surface area contributed by atoms with Crippen molar-refractivity contribution in [3.05, 3.63) is 64.7 Å². The van der Waals surface area contributed by atoms with Gasteiger partial charge in [0.15, 0.2) is 0 Å². The monoisotopic (exact) mass is 357 g/mol. The molecule has 0 aliphatic carbocycles. The van der Waals surface area contributed by atoms with E-state index in [1.54, 1.807) is 0 Å². The summed E-state index contributed by atoms with van der Waals surface area (Å²) < 4.78 is 0. The van der Waals surface area contributed by atoms with Gasteiger partial charge >= 0.3 is 0 Å². The van der Waals surface area contributed by atoms with Crippen molar-refractivity contribution in [3.63, 3.8) is 0 Å². The molecule has 1 saturated heterocycles. The Morgan fingerprint density at radius 2 is 2.00 bits per heavy atom. The number of aryl methyl sites for hydroxylation is 1. The first-order chi connectivity index (χ1) is 12.2. The van der Waals surface area contributed by atoms with Crippen molar-refractivity contribution >= 4 is 23.2 Å². The Hall–Kier alpha value is -1.88. The van der Waals surface area contributed by atoms with Gasteiger partial charge in [0, 0.05) is 36.4 Å². The number of carbonyl (C=O) groups is 1. The number of hydrogen-bond acceptors (Lipinski definition) is 3. The lowest BCUT2D eigenvalue weighted by Gasteiger charge is -2.36. The lowest BCUT2D eigenvalue weighted by atomic mass is 10.0. The van der Waals surface area contributed by atoms with Gasteiger partial charge in [-0.2, -0.15) is 0 Å². The fraction of sp³-hybridized carbons (Fsp3) is 0.350. The van der Waals surface area contributed by atoms with Crippen LogP contribution in [0.1, 0.15) is 24.1 Å². The third-order valence-corrected chi connectivity index (χ3v) is 4.98. The van der Waals surface area contributed by atoms with Crippen LogP contribution < -0.4 is 10.6 Å². The standard InChI is InChI=1S/C20H24ClN3O/c1-2-15-7-3-6-10-18(15)23-20(25)14-24-12-11-22-13-19(24)16-8-4-5-9-17(16)21/h3-10,19,22H,2,11-14H2,1H3,(H,23,25). The third-order valence-electron chi connectivity index (χ3n) is 4.64. The van der Waals surface area contributed by atoms with E-state index in [9.17, 15) is 4.79 Å². The molecule has 1 atom stereocenters. The van der Waals surface area contributed by atoms with Gasteiger partial charge in [-0.1, -0.05) is 54.9 Å². The van der Waals surface area contributed by atoms with Gasteiger partial charge in [0.2, 0.25) is 5.91 Å². The van der Waals surface area contributed by atoms with E-state index in [0.29, 0.717) is 6.54 Å². The van der Waals surface area contributed by atoms with E-state index in [1.807, 2.05) is 48.5 Å². The smallest absolute Gasteiger partial charge is 0.238 e. The minimum Gasteiger partial charge on any atom is -0.325 e. The molecule has 0 aromatic heterocycles. The molecule has 1 aliphatic heterocycles. The molecule has 132 valence electrons. The van der Waals surface area contributed by atoms with Gasteiger partial charge in [0.05, 0.1) is 6.54 Å². The molecular weight excluding hydrogens is 334 g/mol. The highest BCUT2D eigenvalue weighted by molar-refractivity contribution is 6.31. The molecule has 0 radical (unpaired) electrons. The van der Waals surface area contributed by atoms with Crippen molar-refractivity contribution in [2.75, 3.05) is 31.5 Å². The minimum atomic E-state index is 0.0138. The summed E-state index contributed by atoms with van der Waals surface area (Å²) in [6.45, 7) is 4.94. The average molecular weight is 358 g/mol. The molecular formula is C20H24ClN3O. The summed E-state index contributed by atoms with van der Waals surface area (Å²) in [5.41, 5.74) is 3.12. The van der Waals surface area contributed by atoms with Gasteiger partial charge in [0.25, 0.3) is 0 Å². The summed E-state index contributed by atoms with van der Waals surface area (Å²) in [6.07, 6.45) is 0.895. The highest BCUT2D eigenvalue weighted by Gasteiger charge is 2.27. The predicted molar refractivity (Wildman–Crippen MR) is 103 cm³/mol. The van der Waals surface area contributed by atoms with Crippen LogP contribution in [0.25, 0.3) is 0 Å². The molecule has 1 heterocycles. The van der Waals surface area contributed by atoms with E-state index in [4.69, 9.17) is 11.6 Å². The molecule has 0 saturated carbocycles. The summed E-state index contributed by atoms with van der Waals surface area (Å²) in [7, 11) is 0. The first-order valence-electron chi connectivity index (χ1n) is 8.76. The average Bonchev–Trinajstić information content (AvgIpc) is 2.63. The van der Waals surface area contributed by atoms with Gasteiger partial charge in [-0.05, 0) is 29.7 Å². The molecule has 1 aliphatic rings. The fourth-order valence-electron chi connectivity index (χ4n) is 3.31. The van der Waals surface area contributed by atoms with Gasteiger partial charge in [-0.15, -0.1) is 0 Å². The molecule has 1 unspecified atom stereocenters. The Bertz CT molecular complexity index is 734. The van der Waals surface area contributed by atoms with Crippen molar-refractivity contribution in [1.29, 1.82) is 0 Å². The maximum atomic E-state index is 12.6. The van der Waals surface area contributed by atoms with Crippen molar-refractivity contribution < 1.29 is 4.79 Å². The van der Waals surface area contributed by atoms with E-state index in [0.717, 1.165) is 47.9 Å². The van der Waals surface area contributed by atoms with Crippen molar-refractivity contribution in [1.82, 2.24) is 10.2 Å². The van der Waals surface area contributed by atoms with Crippen LogP contribution in [0, 0.1) is 0 Å². The highest BCUT2D eigenvalue weighted by Crippen LogP contribution is 2.28. The number of nitrogens with one attached hydrogen (secondary N) is 2. The van der Waals surface area contributed by atoms with E-state index >= 15 is 0 Å². The summed E-state index contributed by atoms with van der Waals surface area (Å²) in [4.78, 5) is 14.8. The largest absolute Gasteiger partial charge is 0.325 e. The Balaban J connectivity index is 1.71. The topological polar surface area (TPSA) is 44.4 Å². The van der Waals surface area contributed by atoms with Gasteiger partial charge in [-0.3, -0.25) is 9.69 Å². The zero-order valence-electron chi connectivity index (χ0n) is 14.5. The number of nitrogens with zero attached hydrogens (tertiary/aromatic N) is 1. The number of para-hydroxylation sites is 1. The van der Waals surface area contributed by atoms with E-state index in [1.165, 1.54) is 0 Å². The first kappa shape index (κ1) is 17.9. The van der Waals surface area contributed by atoms with Crippen LogP contribution in [0.2, 0.25) is 5.02 Å². The molecule has 25 heavy (non-hydrogen) atoms. The number of carbonyl (C=O) groups excluding carboxylic acids is 1. The molecule has 5 heteroatoms. The predicted octanol–water partition coefficient (Wildman–Crippen LogP) is 3.49. The number of halogens is 1. The zero-order valence-corrected chi connectivity index (χ0v) is 15.2. The van der Waals surface area contributed by atoms with Crippen LogP contribution in [-0.4, -0.2) is 37.0 Å². The summed E-state index contributed by atoms with van der Waals surface area (Å²) in [6, 6.07) is 15.9. The molecule has 0 spiro atoms. The van der Waals surface area contributed by atoms with Crippen LogP contribution in [0.4, 0.5) is 5.69 Å². The van der Waals surface area contributed by atoms with Crippen molar-refractivity contribution in [2.45, 2.75) is 19.4 Å². The summed E-state index contributed by atoms with van der Waals surface area (Å²) in [5, 5.41) is 7.21. The molecule has 0 bridgehead atoms. The Kier molecular flexibility index (Phi) is 6.08.